The minimum absolute atomic E-state index is 0.860. The van der Waals surface area contributed by atoms with E-state index in [0.29, 0.717) is 0 Å². The van der Waals surface area contributed by atoms with Crippen LogP contribution in [0.1, 0.15) is 47.8 Å². The van der Waals surface area contributed by atoms with Crippen molar-refractivity contribution in [3.8, 4) is 46.2 Å². The van der Waals surface area contributed by atoms with E-state index < -0.39 is 0 Å². The van der Waals surface area contributed by atoms with Crippen molar-refractivity contribution in [1.82, 2.24) is 9.97 Å². The minimum atomic E-state index is 0.860. The van der Waals surface area contributed by atoms with E-state index in [-0.39, 0.29) is 0 Å². The summed E-state index contributed by atoms with van der Waals surface area (Å²) in [6, 6.07) is 38.7. The van der Waals surface area contributed by atoms with Crippen molar-refractivity contribution in [2.24, 2.45) is 0 Å². The molecule has 4 aromatic carbocycles. The summed E-state index contributed by atoms with van der Waals surface area (Å²) in [5, 5.41) is 0. The molecule has 182 valence electrons. The molecule has 0 fully saturated rings. The molecule has 0 aliphatic heterocycles. The molecule has 0 aliphatic rings. The molecule has 0 saturated heterocycles. The van der Waals surface area contributed by atoms with Crippen LogP contribution in [0.25, 0.3) is 22.5 Å². The monoisotopic (exact) mass is 488 g/mol. The fourth-order valence-corrected chi connectivity index (χ4v) is 4.02. The Bertz CT molecular complexity index is 1490. The van der Waals surface area contributed by atoms with E-state index in [9.17, 15) is 0 Å². The molecule has 0 amide bonds. The minimum Gasteiger partial charge on any atom is -0.233 e. The van der Waals surface area contributed by atoms with E-state index in [1.807, 2.05) is 60.7 Å². The van der Waals surface area contributed by atoms with Gasteiger partial charge in [-0.25, -0.2) is 9.97 Å². The molecular formula is C36H28N2. The summed E-state index contributed by atoms with van der Waals surface area (Å²) in [6.07, 6.45) is 3.02. The summed E-state index contributed by atoms with van der Waals surface area (Å²) in [5.74, 6) is 13.8. The van der Waals surface area contributed by atoms with Crippen molar-refractivity contribution in [2.75, 3.05) is 0 Å². The summed E-state index contributed by atoms with van der Waals surface area (Å²) < 4.78 is 0. The molecule has 38 heavy (non-hydrogen) atoms. The molecule has 0 spiro atoms. The maximum absolute atomic E-state index is 4.90. The van der Waals surface area contributed by atoms with Crippen LogP contribution in [-0.4, -0.2) is 9.97 Å². The van der Waals surface area contributed by atoms with E-state index in [0.717, 1.165) is 69.9 Å². The van der Waals surface area contributed by atoms with Crippen molar-refractivity contribution >= 4 is 0 Å². The second-order valence-corrected chi connectivity index (χ2v) is 9.04. The van der Waals surface area contributed by atoms with Crippen LogP contribution in [0.2, 0.25) is 0 Å². The van der Waals surface area contributed by atoms with Gasteiger partial charge in [0.15, 0.2) is 0 Å². The molecule has 1 heterocycles. The highest BCUT2D eigenvalue weighted by Gasteiger charge is 2.09. The maximum atomic E-state index is 4.90. The second kappa shape index (κ2) is 12.4. The number of hydrogen-bond acceptors (Lipinski definition) is 2. The quantitative estimate of drug-likeness (QED) is 0.235. The first-order chi connectivity index (χ1) is 18.8. The number of nitrogens with zero attached hydrogens (tertiary/aromatic N) is 2. The zero-order chi connectivity index (χ0) is 26.0. The first-order valence-corrected chi connectivity index (χ1v) is 13.0. The Hall–Kier alpha value is -4.92. The van der Waals surface area contributed by atoms with Crippen molar-refractivity contribution in [1.29, 1.82) is 0 Å². The average molecular weight is 489 g/mol. The summed E-state index contributed by atoms with van der Waals surface area (Å²) in [7, 11) is 0. The van der Waals surface area contributed by atoms with E-state index in [1.54, 1.807) is 0 Å². The Balaban J connectivity index is 1.41. The van der Waals surface area contributed by atoms with Gasteiger partial charge in [-0.3, -0.25) is 0 Å². The average Bonchev–Trinajstić information content (AvgIpc) is 2.99. The van der Waals surface area contributed by atoms with Crippen LogP contribution in [0.15, 0.2) is 115 Å². The molecule has 0 bridgehead atoms. The zero-order valence-electron chi connectivity index (χ0n) is 21.5. The number of unbranched alkanes of at least 4 members (excludes halogenated alkanes) is 1. The smallest absolute Gasteiger partial charge is 0.129 e. The van der Waals surface area contributed by atoms with Crippen LogP contribution < -0.4 is 0 Å². The molecule has 0 unspecified atom stereocenters. The van der Waals surface area contributed by atoms with Crippen LogP contribution in [0.4, 0.5) is 0 Å². The van der Waals surface area contributed by atoms with Gasteiger partial charge in [0, 0.05) is 39.8 Å². The van der Waals surface area contributed by atoms with Gasteiger partial charge >= 0.3 is 0 Å². The van der Waals surface area contributed by atoms with Gasteiger partial charge in [0.05, 0.1) is 11.4 Å². The van der Waals surface area contributed by atoms with Crippen molar-refractivity contribution in [2.45, 2.75) is 26.2 Å². The predicted octanol–water partition coefficient (Wildman–Crippen LogP) is 7.95. The number of aryl methyl sites for hydroxylation is 1. The molecule has 0 saturated carbocycles. The topological polar surface area (TPSA) is 25.8 Å². The summed E-state index contributed by atoms with van der Waals surface area (Å²) in [4.78, 5) is 9.80. The molecule has 2 nitrogen and oxygen atoms in total. The third kappa shape index (κ3) is 6.64. The van der Waals surface area contributed by atoms with Gasteiger partial charge in [-0.2, -0.15) is 0 Å². The summed E-state index contributed by atoms with van der Waals surface area (Å²) in [6.45, 7) is 2.19. The van der Waals surface area contributed by atoms with Gasteiger partial charge < -0.3 is 0 Å². The number of hydrogen-bond donors (Lipinski definition) is 0. The SMILES string of the molecule is CCCCc1nc(-c2ccc(C#Cc3ccccc3)cc2)cc(-c2ccc(C#Cc3ccccc3)cc2)n1. The number of benzene rings is 4. The Morgan fingerprint density at radius 2 is 0.895 bits per heavy atom. The van der Waals surface area contributed by atoms with Gasteiger partial charge in [0.1, 0.15) is 5.82 Å². The fourth-order valence-electron chi connectivity index (χ4n) is 4.02. The van der Waals surface area contributed by atoms with Crippen molar-refractivity contribution < 1.29 is 0 Å². The van der Waals surface area contributed by atoms with Crippen molar-refractivity contribution in [3.63, 3.8) is 0 Å². The largest absolute Gasteiger partial charge is 0.233 e. The van der Waals surface area contributed by atoms with Gasteiger partial charge in [-0.15, -0.1) is 0 Å². The molecule has 0 N–H and O–H groups in total. The number of rotatable bonds is 5. The third-order valence-corrected chi connectivity index (χ3v) is 6.14. The van der Waals surface area contributed by atoms with Crippen LogP contribution >= 0.6 is 0 Å². The molecule has 5 rings (SSSR count). The lowest BCUT2D eigenvalue weighted by Gasteiger charge is -2.09. The first-order valence-electron chi connectivity index (χ1n) is 13.0. The van der Waals surface area contributed by atoms with Gasteiger partial charge in [0.25, 0.3) is 0 Å². The van der Waals surface area contributed by atoms with Gasteiger partial charge in [-0.1, -0.05) is 97.7 Å². The molecule has 0 aliphatic carbocycles. The Morgan fingerprint density at radius 3 is 1.29 bits per heavy atom. The predicted molar refractivity (Wildman–Crippen MR) is 156 cm³/mol. The highest BCUT2D eigenvalue weighted by atomic mass is 14.9. The fraction of sp³-hybridized carbons (Fsp3) is 0.111. The summed E-state index contributed by atoms with van der Waals surface area (Å²) >= 11 is 0. The Labute approximate surface area is 225 Å². The van der Waals surface area contributed by atoms with Crippen LogP contribution in [0.5, 0.6) is 0 Å². The first kappa shape index (κ1) is 24.8. The lowest BCUT2D eigenvalue weighted by molar-refractivity contribution is 0.754. The Kier molecular flexibility index (Phi) is 8.05. The molecule has 0 radical (unpaired) electrons. The van der Waals surface area contributed by atoms with Crippen LogP contribution in [-0.2, 0) is 6.42 Å². The van der Waals surface area contributed by atoms with Gasteiger partial charge in [-0.05, 0) is 61.0 Å². The highest BCUT2D eigenvalue weighted by Crippen LogP contribution is 2.25. The molecular weight excluding hydrogens is 460 g/mol. The summed E-state index contributed by atoms with van der Waals surface area (Å²) in [5.41, 5.74) is 7.94. The molecule has 5 aromatic rings. The third-order valence-electron chi connectivity index (χ3n) is 6.14. The Morgan fingerprint density at radius 1 is 0.500 bits per heavy atom. The van der Waals surface area contributed by atoms with E-state index in [4.69, 9.17) is 9.97 Å². The van der Waals surface area contributed by atoms with Crippen molar-refractivity contribution in [3.05, 3.63) is 143 Å². The van der Waals surface area contributed by atoms with E-state index in [2.05, 4.69) is 85.2 Å². The number of aromatic nitrogens is 2. The van der Waals surface area contributed by atoms with E-state index in [1.165, 1.54) is 0 Å². The lowest BCUT2D eigenvalue weighted by Crippen LogP contribution is -2.00. The zero-order valence-corrected chi connectivity index (χ0v) is 21.5. The second-order valence-electron chi connectivity index (χ2n) is 9.04. The maximum Gasteiger partial charge on any atom is 0.129 e. The van der Waals surface area contributed by atoms with E-state index >= 15 is 0 Å². The molecule has 0 atom stereocenters. The van der Waals surface area contributed by atoms with Crippen LogP contribution in [0, 0.1) is 23.7 Å². The normalized spacial score (nSPS) is 10.1. The lowest BCUT2D eigenvalue weighted by atomic mass is 10.0. The van der Waals surface area contributed by atoms with Gasteiger partial charge in [0.2, 0.25) is 0 Å². The van der Waals surface area contributed by atoms with Crippen LogP contribution in [0.3, 0.4) is 0 Å². The highest BCUT2D eigenvalue weighted by molar-refractivity contribution is 5.69. The molecule has 2 heteroatoms. The standard InChI is InChI=1S/C36H28N2/c1-2-3-14-36-37-34(32-23-19-30(20-24-32)17-15-28-10-6-4-7-11-28)27-35(38-36)33-25-21-31(22-26-33)18-16-29-12-8-5-9-13-29/h4-13,19-27H,2-3,14H2,1H3. The molecule has 1 aromatic heterocycles.